The van der Waals surface area contributed by atoms with Gasteiger partial charge in [-0.1, -0.05) is 36.7 Å². The molecule has 7 nitrogen and oxygen atoms in total. The van der Waals surface area contributed by atoms with Crippen molar-refractivity contribution in [1.82, 2.24) is 9.47 Å². The first-order chi connectivity index (χ1) is 16.9. The number of hydrogen-bond donors (Lipinski definition) is 1. The molecule has 8 heteroatoms. The molecule has 36 heavy (non-hydrogen) atoms. The van der Waals surface area contributed by atoms with Crippen molar-refractivity contribution >= 4 is 44.1 Å². The normalized spacial score (nSPS) is 23.6. The lowest BCUT2D eigenvalue weighted by Crippen LogP contribution is -2.35. The van der Waals surface area contributed by atoms with Crippen LogP contribution < -0.4 is 4.90 Å². The molecule has 1 aromatic heterocycles. The highest BCUT2D eigenvalue weighted by atomic mass is 79.9. The molecule has 190 valence electrons. The number of carbonyl (C=O) groups is 1. The highest BCUT2D eigenvalue weighted by Crippen LogP contribution is 2.53. The Morgan fingerprint density at radius 2 is 1.86 bits per heavy atom. The number of likely N-dealkylation sites (tertiary alicyclic amines) is 1. The van der Waals surface area contributed by atoms with E-state index in [9.17, 15) is 9.90 Å². The Morgan fingerprint density at radius 1 is 1.14 bits per heavy atom. The van der Waals surface area contributed by atoms with Gasteiger partial charge in [0.25, 0.3) is 5.91 Å². The molecule has 2 heterocycles. The molecule has 0 radical (unpaired) electrons. The van der Waals surface area contributed by atoms with Crippen molar-refractivity contribution < 1.29 is 9.90 Å². The number of anilines is 1. The minimum atomic E-state index is -0.445. The van der Waals surface area contributed by atoms with Gasteiger partial charge in [0.15, 0.2) is 5.69 Å². The third kappa shape index (κ3) is 4.68. The lowest BCUT2D eigenvalue weighted by Gasteiger charge is -2.40. The molecule has 3 aromatic rings. The van der Waals surface area contributed by atoms with Crippen LogP contribution in [0.5, 0.6) is 5.88 Å². The summed E-state index contributed by atoms with van der Waals surface area (Å²) in [6.07, 6.45) is 3.56. The molecule has 2 aliphatic rings. The van der Waals surface area contributed by atoms with Crippen molar-refractivity contribution in [2.45, 2.75) is 52.7 Å². The molecule has 1 amide bonds. The number of halogens is 1. The number of aromatic nitrogens is 1. The third-order valence-electron chi connectivity index (χ3n) is 7.69. The summed E-state index contributed by atoms with van der Waals surface area (Å²) in [7, 11) is 3.90. The lowest BCUT2D eigenvalue weighted by atomic mass is 9.65. The molecule has 1 saturated heterocycles. The van der Waals surface area contributed by atoms with Gasteiger partial charge in [-0.15, -0.1) is 10.2 Å². The van der Waals surface area contributed by atoms with Crippen molar-refractivity contribution in [1.29, 1.82) is 0 Å². The van der Waals surface area contributed by atoms with Crippen LogP contribution in [0.4, 0.5) is 11.4 Å². The first-order valence-corrected chi connectivity index (χ1v) is 13.2. The van der Waals surface area contributed by atoms with Gasteiger partial charge in [0.05, 0.1) is 12.2 Å². The maximum absolute atomic E-state index is 12.7. The minimum Gasteiger partial charge on any atom is -0.493 e. The standard InChI is InChI=1S/C28H34BrN5O2/c1-27(2)13-21-14-28(3,15-27)16-33(21)17-34-23-11-8-19(29)12-22(23)24(26(34)36)30-31-25(35)18-6-9-20(10-7-18)32(4)5/h6-12,21,36H,13-17H2,1-5H3/t21-,28+/m0/s1. The number of nitrogens with zero attached hydrogens (tertiary/aromatic N) is 5. The van der Waals surface area contributed by atoms with Gasteiger partial charge in [-0.05, 0) is 72.6 Å². The number of fused-ring (bicyclic) bond motifs is 3. The van der Waals surface area contributed by atoms with E-state index in [4.69, 9.17) is 0 Å². The van der Waals surface area contributed by atoms with Crippen molar-refractivity contribution in [3.63, 3.8) is 0 Å². The lowest BCUT2D eigenvalue weighted by molar-refractivity contribution is 0.0995. The zero-order chi connectivity index (χ0) is 25.8. The summed E-state index contributed by atoms with van der Waals surface area (Å²) >= 11 is 3.54. The molecule has 0 spiro atoms. The van der Waals surface area contributed by atoms with Gasteiger partial charge in [-0.25, -0.2) is 0 Å². The van der Waals surface area contributed by atoms with Crippen LogP contribution in [-0.2, 0) is 6.67 Å². The van der Waals surface area contributed by atoms with E-state index in [-0.39, 0.29) is 5.88 Å². The van der Waals surface area contributed by atoms with E-state index in [0.29, 0.717) is 34.8 Å². The Morgan fingerprint density at radius 3 is 2.56 bits per heavy atom. The molecule has 1 aliphatic heterocycles. The van der Waals surface area contributed by atoms with Crippen molar-refractivity contribution in [2.75, 3.05) is 25.5 Å². The monoisotopic (exact) mass is 551 g/mol. The molecule has 2 bridgehead atoms. The first kappa shape index (κ1) is 25.0. The number of aromatic hydroxyl groups is 1. The zero-order valence-electron chi connectivity index (χ0n) is 21.6. The summed E-state index contributed by atoms with van der Waals surface area (Å²) < 4.78 is 2.78. The molecule has 0 unspecified atom stereocenters. The van der Waals surface area contributed by atoms with Gasteiger partial charge < -0.3 is 10.0 Å². The van der Waals surface area contributed by atoms with Crippen molar-refractivity contribution in [2.24, 2.45) is 21.1 Å². The Balaban J connectivity index is 1.46. The quantitative estimate of drug-likeness (QED) is 0.348. The smallest absolute Gasteiger partial charge is 0.295 e. The minimum absolute atomic E-state index is 0.0356. The highest BCUT2D eigenvalue weighted by Gasteiger charge is 2.49. The number of carbonyl (C=O) groups excluding carboxylic acids is 1. The summed E-state index contributed by atoms with van der Waals surface area (Å²) in [4.78, 5) is 17.2. The average Bonchev–Trinajstić information content (AvgIpc) is 3.19. The molecule has 1 aliphatic carbocycles. The van der Waals surface area contributed by atoms with Gasteiger partial charge in [0.1, 0.15) is 0 Å². The molecular formula is C28H34BrN5O2. The van der Waals surface area contributed by atoms with E-state index in [0.717, 1.165) is 34.0 Å². The zero-order valence-corrected chi connectivity index (χ0v) is 23.2. The van der Waals surface area contributed by atoms with E-state index in [1.54, 1.807) is 12.1 Å². The second-order valence-corrected chi connectivity index (χ2v) is 12.7. The third-order valence-corrected chi connectivity index (χ3v) is 8.18. The van der Waals surface area contributed by atoms with Crippen LogP contribution >= 0.6 is 15.9 Å². The Hall–Kier alpha value is -2.71. The summed E-state index contributed by atoms with van der Waals surface area (Å²) in [6, 6.07) is 13.6. The summed E-state index contributed by atoms with van der Waals surface area (Å²) in [5.41, 5.74) is 3.26. The van der Waals surface area contributed by atoms with E-state index < -0.39 is 5.91 Å². The van der Waals surface area contributed by atoms with E-state index in [1.807, 2.05) is 53.9 Å². The van der Waals surface area contributed by atoms with Gasteiger partial charge in [0.2, 0.25) is 5.88 Å². The summed E-state index contributed by atoms with van der Waals surface area (Å²) in [6.45, 7) is 8.71. The van der Waals surface area contributed by atoms with Crippen LogP contribution in [-0.4, -0.2) is 47.2 Å². The molecule has 2 aromatic carbocycles. The van der Waals surface area contributed by atoms with Crippen LogP contribution in [0, 0.1) is 10.8 Å². The van der Waals surface area contributed by atoms with Crippen LogP contribution in [0.25, 0.3) is 10.9 Å². The predicted octanol–water partition coefficient (Wildman–Crippen LogP) is 6.96. The number of benzene rings is 2. The Bertz CT molecular complexity index is 1340. The SMILES string of the molecule is CN(C)c1ccc(C(=O)N=Nc2c(O)n(CN3C[C@]4(C)C[C@@H]3CC(C)(C)C4)c3ccc(Br)cc23)cc1. The number of azo groups is 1. The average molecular weight is 553 g/mol. The maximum Gasteiger partial charge on any atom is 0.295 e. The highest BCUT2D eigenvalue weighted by molar-refractivity contribution is 9.10. The Labute approximate surface area is 220 Å². The van der Waals surface area contributed by atoms with Gasteiger partial charge in [-0.3, -0.25) is 14.3 Å². The topological polar surface area (TPSA) is 73.4 Å². The molecular weight excluding hydrogens is 518 g/mol. The number of hydrogen-bond acceptors (Lipinski definition) is 5. The second-order valence-electron chi connectivity index (χ2n) is 11.8. The van der Waals surface area contributed by atoms with E-state index in [2.05, 4.69) is 51.8 Å². The summed E-state index contributed by atoms with van der Waals surface area (Å²) in [5, 5.41) is 20.3. The van der Waals surface area contributed by atoms with Crippen LogP contribution in [0.1, 0.15) is 50.4 Å². The van der Waals surface area contributed by atoms with Crippen molar-refractivity contribution in [3.8, 4) is 5.88 Å². The Kier molecular flexibility index (Phi) is 6.24. The van der Waals surface area contributed by atoms with Crippen LogP contribution in [0.15, 0.2) is 57.2 Å². The first-order valence-electron chi connectivity index (χ1n) is 12.4. The number of amides is 1. The van der Waals surface area contributed by atoms with Gasteiger partial charge in [-0.2, -0.15) is 0 Å². The second kappa shape index (κ2) is 8.99. The van der Waals surface area contributed by atoms with E-state index in [1.165, 1.54) is 12.8 Å². The predicted molar refractivity (Wildman–Crippen MR) is 147 cm³/mol. The van der Waals surface area contributed by atoms with E-state index >= 15 is 0 Å². The fourth-order valence-electron chi connectivity index (χ4n) is 6.52. The largest absolute Gasteiger partial charge is 0.493 e. The van der Waals surface area contributed by atoms with Crippen LogP contribution in [0.3, 0.4) is 0 Å². The molecule has 2 atom stereocenters. The fraction of sp³-hybridized carbons (Fsp3) is 0.464. The number of rotatable bonds is 5. The molecule has 2 fully saturated rings. The fourth-order valence-corrected chi connectivity index (χ4v) is 6.88. The molecule has 1 saturated carbocycles. The maximum atomic E-state index is 12.7. The van der Waals surface area contributed by atoms with Gasteiger partial charge >= 0.3 is 0 Å². The van der Waals surface area contributed by atoms with Crippen molar-refractivity contribution in [3.05, 3.63) is 52.5 Å². The van der Waals surface area contributed by atoms with Gasteiger partial charge in [0, 0.05) is 47.8 Å². The molecule has 1 N–H and O–H groups in total. The molecule has 5 rings (SSSR count). The summed E-state index contributed by atoms with van der Waals surface area (Å²) in [5.74, 6) is -0.410. The van der Waals surface area contributed by atoms with Crippen LogP contribution in [0.2, 0.25) is 0 Å².